The maximum atomic E-state index is 10.7. The molecular weight excluding hydrogens is 304 g/mol. The van der Waals surface area contributed by atoms with Gasteiger partial charge >= 0.3 is 5.97 Å². The van der Waals surface area contributed by atoms with Crippen LogP contribution in [0.15, 0.2) is 60.7 Å². The second-order valence-corrected chi connectivity index (χ2v) is 5.27. The minimum Gasteiger partial charge on any atom is -0.478 e. The first-order valence-corrected chi connectivity index (χ1v) is 7.50. The number of rotatable bonds is 6. The fraction of sp³-hybridized carbons (Fsp3) is 0.111. The molecule has 3 rings (SSSR count). The summed E-state index contributed by atoms with van der Waals surface area (Å²) in [5.41, 5.74) is 2.89. The van der Waals surface area contributed by atoms with E-state index in [9.17, 15) is 4.79 Å². The SMILES string of the molecule is O=C(O)C=Cc1ccccc1Cc1nnn(Cc2ccccc2)n1. The lowest BCUT2D eigenvalue weighted by atomic mass is 10.0. The lowest BCUT2D eigenvalue weighted by Crippen LogP contribution is -2.04. The molecule has 0 fully saturated rings. The Kier molecular flexibility index (Phi) is 4.76. The third-order valence-corrected chi connectivity index (χ3v) is 3.47. The molecule has 0 saturated carbocycles. The second-order valence-electron chi connectivity index (χ2n) is 5.27. The molecule has 120 valence electrons. The molecule has 1 aromatic heterocycles. The van der Waals surface area contributed by atoms with E-state index in [0.29, 0.717) is 18.8 Å². The lowest BCUT2D eigenvalue weighted by Gasteiger charge is -2.02. The standard InChI is InChI=1S/C18H16N4O2/c23-18(24)11-10-15-8-4-5-9-16(15)12-17-19-21-22(20-17)13-14-6-2-1-3-7-14/h1-11H,12-13H2,(H,23,24). The van der Waals surface area contributed by atoms with Crippen molar-refractivity contribution in [1.29, 1.82) is 0 Å². The molecule has 24 heavy (non-hydrogen) atoms. The molecule has 1 N–H and O–H groups in total. The monoisotopic (exact) mass is 320 g/mol. The predicted molar refractivity (Wildman–Crippen MR) is 89.3 cm³/mol. The first-order valence-electron chi connectivity index (χ1n) is 7.50. The van der Waals surface area contributed by atoms with Gasteiger partial charge in [0, 0.05) is 12.5 Å². The molecule has 0 atom stereocenters. The molecule has 6 nitrogen and oxygen atoms in total. The number of carbonyl (C=O) groups is 1. The molecule has 0 amide bonds. The van der Waals surface area contributed by atoms with Crippen LogP contribution in [0.1, 0.15) is 22.5 Å². The summed E-state index contributed by atoms with van der Waals surface area (Å²) < 4.78 is 0. The van der Waals surface area contributed by atoms with Gasteiger partial charge in [0.25, 0.3) is 0 Å². The van der Waals surface area contributed by atoms with Crippen LogP contribution in [-0.4, -0.2) is 31.3 Å². The number of hydrogen-bond donors (Lipinski definition) is 1. The van der Waals surface area contributed by atoms with Gasteiger partial charge in [-0.2, -0.15) is 4.80 Å². The molecule has 0 aliphatic rings. The van der Waals surface area contributed by atoms with Crippen molar-refractivity contribution in [3.63, 3.8) is 0 Å². The van der Waals surface area contributed by atoms with Gasteiger partial charge in [0.1, 0.15) is 0 Å². The summed E-state index contributed by atoms with van der Waals surface area (Å²) in [5, 5.41) is 21.3. The zero-order valence-electron chi connectivity index (χ0n) is 12.9. The first kappa shape index (κ1) is 15.6. The summed E-state index contributed by atoms with van der Waals surface area (Å²) in [4.78, 5) is 12.3. The largest absolute Gasteiger partial charge is 0.478 e. The van der Waals surface area contributed by atoms with Crippen molar-refractivity contribution in [2.45, 2.75) is 13.0 Å². The van der Waals surface area contributed by atoms with Gasteiger partial charge in [0.05, 0.1) is 6.54 Å². The maximum absolute atomic E-state index is 10.7. The topological polar surface area (TPSA) is 80.9 Å². The maximum Gasteiger partial charge on any atom is 0.328 e. The highest BCUT2D eigenvalue weighted by Gasteiger charge is 2.07. The molecule has 0 bridgehead atoms. The number of benzene rings is 2. The van der Waals surface area contributed by atoms with Crippen LogP contribution >= 0.6 is 0 Å². The summed E-state index contributed by atoms with van der Waals surface area (Å²) >= 11 is 0. The molecule has 0 saturated heterocycles. The van der Waals surface area contributed by atoms with Crippen molar-refractivity contribution in [3.8, 4) is 0 Å². The van der Waals surface area contributed by atoms with Crippen LogP contribution in [0.25, 0.3) is 6.08 Å². The van der Waals surface area contributed by atoms with E-state index in [1.54, 1.807) is 10.9 Å². The van der Waals surface area contributed by atoms with Gasteiger partial charge in [-0.3, -0.25) is 0 Å². The van der Waals surface area contributed by atoms with Crippen LogP contribution in [0.3, 0.4) is 0 Å². The molecule has 0 aliphatic carbocycles. The molecule has 0 radical (unpaired) electrons. The fourth-order valence-corrected chi connectivity index (χ4v) is 2.35. The molecule has 0 spiro atoms. The van der Waals surface area contributed by atoms with E-state index in [1.165, 1.54) is 0 Å². The number of carboxylic acids is 1. The Hall–Kier alpha value is -3.28. The lowest BCUT2D eigenvalue weighted by molar-refractivity contribution is -0.131. The Balaban J connectivity index is 1.74. The summed E-state index contributed by atoms with van der Waals surface area (Å²) in [6.07, 6.45) is 3.19. The van der Waals surface area contributed by atoms with Crippen molar-refractivity contribution in [1.82, 2.24) is 20.2 Å². The van der Waals surface area contributed by atoms with E-state index in [1.807, 2.05) is 54.6 Å². The quantitative estimate of drug-likeness (QED) is 0.705. The van der Waals surface area contributed by atoms with Gasteiger partial charge in [-0.05, 0) is 28.0 Å². The predicted octanol–water partition coefficient (Wildman–Crippen LogP) is 2.41. The Labute approximate surface area is 139 Å². The van der Waals surface area contributed by atoms with Crippen molar-refractivity contribution >= 4 is 12.0 Å². The summed E-state index contributed by atoms with van der Waals surface area (Å²) in [6.45, 7) is 0.564. The minimum absolute atomic E-state index is 0.495. The molecule has 1 heterocycles. The van der Waals surface area contributed by atoms with Crippen LogP contribution in [0.4, 0.5) is 0 Å². The minimum atomic E-state index is -0.975. The van der Waals surface area contributed by atoms with Crippen molar-refractivity contribution in [3.05, 3.63) is 83.2 Å². The Morgan fingerprint density at radius 3 is 2.62 bits per heavy atom. The van der Waals surface area contributed by atoms with E-state index in [0.717, 1.165) is 22.8 Å². The third-order valence-electron chi connectivity index (χ3n) is 3.47. The zero-order chi connectivity index (χ0) is 16.8. The van der Waals surface area contributed by atoms with Gasteiger partial charge in [0.2, 0.25) is 0 Å². The van der Waals surface area contributed by atoms with Crippen LogP contribution in [0, 0.1) is 0 Å². The van der Waals surface area contributed by atoms with E-state index in [-0.39, 0.29) is 0 Å². The van der Waals surface area contributed by atoms with Gasteiger partial charge in [-0.25, -0.2) is 4.79 Å². The molecule has 0 unspecified atom stereocenters. The highest BCUT2D eigenvalue weighted by molar-refractivity contribution is 5.85. The van der Waals surface area contributed by atoms with Gasteiger partial charge in [-0.1, -0.05) is 54.6 Å². The van der Waals surface area contributed by atoms with Crippen molar-refractivity contribution < 1.29 is 9.90 Å². The van der Waals surface area contributed by atoms with E-state index < -0.39 is 5.97 Å². The second kappa shape index (κ2) is 7.32. The molecule has 0 aliphatic heterocycles. The number of tetrazole rings is 1. The Morgan fingerprint density at radius 1 is 1.08 bits per heavy atom. The van der Waals surface area contributed by atoms with Crippen LogP contribution in [-0.2, 0) is 17.8 Å². The van der Waals surface area contributed by atoms with Crippen LogP contribution in [0.5, 0.6) is 0 Å². The summed E-state index contributed by atoms with van der Waals surface area (Å²) in [6, 6.07) is 17.5. The normalized spacial score (nSPS) is 11.0. The van der Waals surface area contributed by atoms with Gasteiger partial charge < -0.3 is 5.11 Å². The van der Waals surface area contributed by atoms with E-state index in [2.05, 4.69) is 15.4 Å². The molecule has 3 aromatic rings. The molecular formula is C18H16N4O2. The van der Waals surface area contributed by atoms with E-state index >= 15 is 0 Å². The number of carboxylic acid groups (broad SMARTS) is 1. The average molecular weight is 320 g/mol. The summed E-state index contributed by atoms with van der Waals surface area (Å²) in [5.74, 6) is -0.376. The highest BCUT2D eigenvalue weighted by Crippen LogP contribution is 2.14. The van der Waals surface area contributed by atoms with E-state index in [4.69, 9.17) is 5.11 Å². The summed E-state index contributed by atoms with van der Waals surface area (Å²) in [7, 11) is 0. The Bertz CT molecular complexity index is 856. The van der Waals surface area contributed by atoms with Gasteiger partial charge in [-0.15, -0.1) is 10.2 Å². The first-order chi connectivity index (χ1) is 11.7. The molecule has 6 heteroatoms. The fourth-order valence-electron chi connectivity index (χ4n) is 2.35. The zero-order valence-corrected chi connectivity index (χ0v) is 12.9. The number of nitrogens with zero attached hydrogens (tertiary/aromatic N) is 4. The van der Waals surface area contributed by atoms with Gasteiger partial charge in [0.15, 0.2) is 5.82 Å². The molecule has 2 aromatic carbocycles. The van der Waals surface area contributed by atoms with Crippen LogP contribution < -0.4 is 0 Å². The number of aliphatic carboxylic acids is 1. The number of hydrogen-bond acceptors (Lipinski definition) is 4. The smallest absolute Gasteiger partial charge is 0.328 e. The van der Waals surface area contributed by atoms with Crippen LogP contribution in [0.2, 0.25) is 0 Å². The van der Waals surface area contributed by atoms with Crippen molar-refractivity contribution in [2.75, 3.05) is 0 Å². The third kappa shape index (κ3) is 4.13. The van der Waals surface area contributed by atoms with Crippen molar-refractivity contribution in [2.24, 2.45) is 0 Å². The average Bonchev–Trinajstić information content (AvgIpc) is 3.02. The highest BCUT2D eigenvalue weighted by atomic mass is 16.4. The number of aromatic nitrogens is 4. The Morgan fingerprint density at radius 2 is 1.83 bits per heavy atom.